The fourth-order valence-corrected chi connectivity index (χ4v) is 1.28. The summed E-state index contributed by atoms with van der Waals surface area (Å²) in [6.45, 7) is 5.40. The van der Waals surface area contributed by atoms with Gasteiger partial charge in [-0.2, -0.15) is 8.78 Å². The first-order valence-corrected chi connectivity index (χ1v) is 5.71. The number of unbranched alkanes of at least 4 members (excludes halogenated alkanes) is 1. The van der Waals surface area contributed by atoms with Crippen LogP contribution in [0.4, 0.5) is 8.78 Å². The van der Waals surface area contributed by atoms with Crippen LogP contribution < -0.4 is 0 Å². The Bertz CT molecular complexity index is 245. The summed E-state index contributed by atoms with van der Waals surface area (Å²) in [6.07, 6.45) is 2.06. The number of hydrogen-bond acceptors (Lipinski definition) is 2. The van der Waals surface area contributed by atoms with Gasteiger partial charge in [-0.25, -0.2) is 4.79 Å². The van der Waals surface area contributed by atoms with Crippen LogP contribution in [0.25, 0.3) is 0 Å². The molecule has 1 atom stereocenters. The Kier molecular flexibility index (Phi) is 7.77. The zero-order valence-electron chi connectivity index (χ0n) is 10.2. The molecule has 0 aliphatic heterocycles. The summed E-state index contributed by atoms with van der Waals surface area (Å²) >= 11 is 0. The standard InChI is InChI=1S/C12H20F2O2/c1-4-6-7-10(5-2)8-16-12(15)9(3)11(13)14/h10H,4-8H2,1-3H3. The van der Waals surface area contributed by atoms with E-state index in [4.69, 9.17) is 4.74 Å². The molecular formula is C12H20F2O2. The van der Waals surface area contributed by atoms with Gasteiger partial charge in [-0.1, -0.05) is 33.1 Å². The van der Waals surface area contributed by atoms with Crippen molar-refractivity contribution in [3.05, 3.63) is 11.7 Å². The van der Waals surface area contributed by atoms with Crippen molar-refractivity contribution < 1.29 is 18.3 Å². The first kappa shape index (κ1) is 15.1. The molecule has 16 heavy (non-hydrogen) atoms. The Morgan fingerprint density at radius 2 is 1.94 bits per heavy atom. The Hall–Kier alpha value is -0.930. The zero-order chi connectivity index (χ0) is 12.6. The lowest BCUT2D eigenvalue weighted by molar-refractivity contribution is -0.140. The Balaban J connectivity index is 4.02. The molecule has 0 bridgehead atoms. The van der Waals surface area contributed by atoms with Crippen molar-refractivity contribution in [3.8, 4) is 0 Å². The van der Waals surface area contributed by atoms with E-state index in [1.807, 2.05) is 6.92 Å². The molecule has 0 aliphatic carbocycles. The number of rotatable bonds is 7. The number of ether oxygens (including phenoxy) is 1. The van der Waals surface area contributed by atoms with Gasteiger partial charge in [-0.3, -0.25) is 0 Å². The maximum absolute atomic E-state index is 12.1. The summed E-state index contributed by atoms with van der Waals surface area (Å²) in [4.78, 5) is 11.1. The van der Waals surface area contributed by atoms with Crippen molar-refractivity contribution in [2.45, 2.75) is 46.5 Å². The van der Waals surface area contributed by atoms with E-state index in [0.717, 1.165) is 32.6 Å². The van der Waals surface area contributed by atoms with Crippen molar-refractivity contribution in [1.82, 2.24) is 0 Å². The summed E-state index contributed by atoms with van der Waals surface area (Å²) in [5.74, 6) is -0.630. The Morgan fingerprint density at radius 1 is 1.31 bits per heavy atom. The molecule has 0 aromatic carbocycles. The third-order valence-corrected chi connectivity index (χ3v) is 2.58. The normalized spacial score (nSPS) is 12.1. The molecule has 0 spiro atoms. The highest BCUT2D eigenvalue weighted by Gasteiger charge is 2.14. The van der Waals surface area contributed by atoms with Crippen LogP contribution in [-0.2, 0) is 9.53 Å². The van der Waals surface area contributed by atoms with E-state index < -0.39 is 17.6 Å². The van der Waals surface area contributed by atoms with E-state index in [-0.39, 0.29) is 12.5 Å². The molecule has 94 valence electrons. The maximum atomic E-state index is 12.1. The lowest BCUT2D eigenvalue weighted by Gasteiger charge is -2.14. The molecular weight excluding hydrogens is 214 g/mol. The largest absolute Gasteiger partial charge is 0.462 e. The number of halogens is 2. The van der Waals surface area contributed by atoms with Crippen LogP contribution in [0.15, 0.2) is 11.7 Å². The van der Waals surface area contributed by atoms with Gasteiger partial charge in [0.2, 0.25) is 0 Å². The monoisotopic (exact) mass is 234 g/mol. The number of carbonyl (C=O) groups excluding carboxylic acids is 1. The minimum atomic E-state index is -1.97. The number of hydrogen-bond donors (Lipinski definition) is 0. The highest BCUT2D eigenvalue weighted by atomic mass is 19.3. The molecule has 1 unspecified atom stereocenters. The average Bonchev–Trinajstić information content (AvgIpc) is 2.27. The summed E-state index contributed by atoms with van der Waals surface area (Å²) in [7, 11) is 0. The molecule has 0 heterocycles. The second-order valence-corrected chi connectivity index (χ2v) is 3.90. The molecule has 4 heteroatoms. The zero-order valence-corrected chi connectivity index (χ0v) is 10.2. The molecule has 2 nitrogen and oxygen atoms in total. The van der Waals surface area contributed by atoms with E-state index in [9.17, 15) is 13.6 Å². The predicted molar refractivity (Wildman–Crippen MR) is 59.2 cm³/mol. The van der Waals surface area contributed by atoms with Gasteiger partial charge < -0.3 is 4.74 Å². The van der Waals surface area contributed by atoms with E-state index in [0.29, 0.717) is 0 Å². The Morgan fingerprint density at radius 3 is 2.38 bits per heavy atom. The van der Waals surface area contributed by atoms with Gasteiger partial charge in [0.25, 0.3) is 6.08 Å². The lowest BCUT2D eigenvalue weighted by atomic mass is 10.0. The van der Waals surface area contributed by atoms with Crippen LogP contribution in [0.5, 0.6) is 0 Å². The van der Waals surface area contributed by atoms with Gasteiger partial charge >= 0.3 is 5.97 Å². The van der Waals surface area contributed by atoms with Crippen molar-refractivity contribution in [3.63, 3.8) is 0 Å². The predicted octanol–water partition coefficient (Wildman–Crippen LogP) is 3.92. The summed E-state index contributed by atoms with van der Waals surface area (Å²) < 4.78 is 29.0. The van der Waals surface area contributed by atoms with Crippen LogP contribution in [0, 0.1) is 5.92 Å². The van der Waals surface area contributed by atoms with Crippen LogP contribution in [0.1, 0.15) is 46.5 Å². The van der Waals surface area contributed by atoms with Gasteiger partial charge in [-0.15, -0.1) is 0 Å². The second-order valence-electron chi connectivity index (χ2n) is 3.90. The fourth-order valence-electron chi connectivity index (χ4n) is 1.28. The first-order valence-electron chi connectivity index (χ1n) is 5.71. The lowest BCUT2D eigenvalue weighted by Crippen LogP contribution is -2.14. The van der Waals surface area contributed by atoms with Gasteiger partial charge in [-0.05, 0) is 19.3 Å². The second kappa shape index (κ2) is 8.25. The summed E-state index contributed by atoms with van der Waals surface area (Å²) in [5, 5.41) is 0. The average molecular weight is 234 g/mol. The van der Waals surface area contributed by atoms with Crippen molar-refractivity contribution in [1.29, 1.82) is 0 Å². The van der Waals surface area contributed by atoms with Crippen molar-refractivity contribution in [2.75, 3.05) is 6.61 Å². The topological polar surface area (TPSA) is 26.3 Å². The van der Waals surface area contributed by atoms with E-state index in [2.05, 4.69) is 6.92 Å². The van der Waals surface area contributed by atoms with Crippen molar-refractivity contribution in [2.24, 2.45) is 5.92 Å². The molecule has 0 amide bonds. The summed E-state index contributed by atoms with van der Waals surface area (Å²) in [6, 6.07) is 0. The van der Waals surface area contributed by atoms with Crippen LogP contribution >= 0.6 is 0 Å². The van der Waals surface area contributed by atoms with Crippen LogP contribution in [0.2, 0.25) is 0 Å². The van der Waals surface area contributed by atoms with Crippen LogP contribution in [-0.4, -0.2) is 12.6 Å². The molecule has 0 radical (unpaired) electrons. The SMILES string of the molecule is CCCCC(CC)COC(=O)C(C)=C(F)F. The third-order valence-electron chi connectivity index (χ3n) is 2.58. The molecule has 0 aromatic rings. The van der Waals surface area contributed by atoms with Crippen LogP contribution in [0.3, 0.4) is 0 Å². The van der Waals surface area contributed by atoms with Gasteiger partial charge in [0.05, 0.1) is 12.2 Å². The molecule has 0 saturated heterocycles. The smallest absolute Gasteiger partial charge is 0.339 e. The quantitative estimate of drug-likeness (QED) is 0.493. The molecule has 0 fully saturated rings. The minimum Gasteiger partial charge on any atom is -0.462 e. The molecule has 0 aromatic heterocycles. The minimum absolute atomic E-state index is 0.236. The maximum Gasteiger partial charge on any atom is 0.339 e. The van der Waals surface area contributed by atoms with E-state index in [1.165, 1.54) is 0 Å². The highest BCUT2D eigenvalue weighted by Crippen LogP contribution is 2.15. The van der Waals surface area contributed by atoms with E-state index in [1.54, 1.807) is 0 Å². The number of esters is 1. The molecule has 0 saturated carbocycles. The third kappa shape index (κ3) is 5.83. The van der Waals surface area contributed by atoms with Gasteiger partial charge in [0, 0.05) is 0 Å². The molecule has 0 rings (SSSR count). The fraction of sp³-hybridized carbons (Fsp3) is 0.750. The highest BCUT2D eigenvalue weighted by molar-refractivity contribution is 5.87. The first-order chi connectivity index (χ1) is 7.52. The van der Waals surface area contributed by atoms with E-state index >= 15 is 0 Å². The van der Waals surface area contributed by atoms with Crippen molar-refractivity contribution >= 4 is 5.97 Å². The summed E-state index contributed by atoms with van der Waals surface area (Å²) in [5.41, 5.74) is -0.592. The number of carbonyl (C=O) groups is 1. The van der Waals surface area contributed by atoms with Gasteiger partial charge in [0.15, 0.2) is 0 Å². The van der Waals surface area contributed by atoms with Gasteiger partial charge in [0.1, 0.15) is 0 Å². The molecule has 0 N–H and O–H groups in total. The molecule has 0 aliphatic rings. The Labute approximate surface area is 95.7 Å².